The Bertz CT molecular complexity index is 780. The number of amides is 1. The number of aryl methyl sites for hydroxylation is 1. The fourth-order valence-electron chi connectivity index (χ4n) is 3.92. The number of carbonyl (C=O) groups is 1. The minimum atomic E-state index is -0.699. The van der Waals surface area contributed by atoms with Crippen LogP contribution in [0.1, 0.15) is 95.4 Å². The lowest BCUT2D eigenvalue weighted by atomic mass is 10.0. The van der Waals surface area contributed by atoms with E-state index in [1.54, 1.807) is 0 Å². The van der Waals surface area contributed by atoms with E-state index in [0.29, 0.717) is 24.6 Å². The van der Waals surface area contributed by atoms with Gasteiger partial charge in [0.15, 0.2) is 5.82 Å². The number of benzene rings is 1. The average Bonchev–Trinajstić information content (AvgIpc) is 3.40. The largest absolute Gasteiger partial charge is 0.369 e. The van der Waals surface area contributed by atoms with Crippen LogP contribution in [-0.2, 0) is 16.6 Å². The number of rotatable bonds is 14. The summed E-state index contributed by atoms with van der Waals surface area (Å²) in [6.07, 6.45) is 15.9. The molecule has 2 N–H and O–H groups in total. The van der Waals surface area contributed by atoms with E-state index >= 15 is 0 Å². The molecular formula is C24H35N3O2. The maximum absolute atomic E-state index is 11.7. The summed E-state index contributed by atoms with van der Waals surface area (Å²) in [5, 5.41) is 4.02. The maximum Gasteiger partial charge on any atom is 0.257 e. The van der Waals surface area contributed by atoms with Crippen molar-refractivity contribution in [1.82, 2.24) is 10.1 Å². The number of carbonyl (C=O) groups excluding carboxylic acids is 1. The van der Waals surface area contributed by atoms with Crippen molar-refractivity contribution in [3.63, 3.8) is 0 Å². The number of nitrogens with two attached hydrogens (primary N) is 1. The molecule has 5 nitrogen and oxygen atoms in total. The summed E-state index contributed by atoms with van der Waals surface area (Å²) < 4.78 is 5.42. The molecule has 0 atom stereocenters. The van der Waals surface area contributed by atoms with Gasteiger partial charge in [-0.2, -0.15) is 4.98 Å². The zero-order valence-electron chi connectivity index (χ0n) is 17.8. The Balaban J connectivity index is 1.40. The molecule has 1 amide bonds. The summed E-state index contributed by atoms with van der Waals surface area (Å²) in [5.41, 5.74) is 7.00. The first-order valence-corrected chi connectivity index (χ1v) is 11.4. The van der Waals surface area contributed by atoms with Gasteiger partial charge >= 0.3 is 0 Å². The van der Waals surface area contributed by atoms with E-state index in [0.717, 1.165) is 12.0 Å². The molecule has 0 radical (unpaired) electrons. The van der Waals surface area contributed by atoms with E-state index in [4.69, 9.17) is 10.3 Å². The third-order valence-corrected chi connectivity index (χ3v) is 6.07. The molecule has 2 aromatic rings. The summed E-state index contributed by atoms with van der Waals surface area (Å²) >= 11 is 0. The van der Waals surface area contributed by atoms with Gasteiger partial charge in [-0.1, -0.05) is 82.0 Å². The van der Waals surface area contributed by atoms with Gasteiger partial charge in [0.2, 0.25) is 5.91 Å². The molecular weight excluding hydrogens is 362 g/mol. The highest BCUT2D eigenvalue weighted by Crippen LogP contribution is 2.46. The highest BCUT2D eigenvalue weighted by molar-refractivity contribution is 5.88. The molecule has 0 spiro atoms. The fourth-order valence-corrected chi connectivity index (χ4v) is 3.92. The molecule has 0 aliphatic heterocycles. The highest BCUT2D eigenvalue weighted by Gasteiger charge is 2.54. The Labute approximate surface area is 174 Å². The van der Waals surface area contributed by atoms with E-state index in [2.05, 4.69) is 29.2 Å². The Kier molecular flexibility index (Phi) is 7.84. The summed E-state index contributed by atoms with van der Waals surface area (Å²) in [5.74, 6) is 0.539. The number of primary amides is 1. The second-order valence-electron chi connectivity index (χ2n) is 8.50. The molecule has 1 fully saturated rings. The van der Waals surface area contributed by atoms with Gasteiger partial charge in [-0.25, -0.2) is 0 Å². The molecule has 3 rings (SSSR count). The van der Waals surface area contributed by atoms with E-state index < -0.39 is 5.41 Å². The SMILES string of the molecule is CCCCCCCCCCCCc1cccc(-c2nc(C3(C(N)=O)CC3)no2)c1. The Morgan fingerprint density at radius 1 is 1.03 bits per heavy atom. The molecule has 0 saturated heterocycles. The predicted octanol–water partition coefficient (Wildman–Crippen LogP) is 5.72. The Morgan fingerprint density at radius 2 is 1.69 bits per heavy atom. The van der Waals surface area contributed by atoms with Crippen molar-refractivity contribution in [1.29, 1.82) is 0 Å². The smallest absolute Gasteiger partial charge is 0.257 e. The lowest BCUT2D eigenvalue weighted by molar-refractivity contribution is -0.120. The van der Waals surface area contributed by atoms with Crippen LogP contribution in [0, 0.1) is 0 Å². The van der Waals surface area contributed by atoms with E-state index in [-0.39, 0.29) is 5.91 Å². The van der Waals surface area contributed by atoms with Crippen molar-refractivity contribution in [2.24, 2.45) is 5.73 Å². The van der Waals surface area contributed by atoms with Gasteiger partial charge in [0, 0.05) is 5.56 Å². The maximum atomic E-state index is 11.7. The quantitative estimate of drug-likeness (QED) is 0.413. The van der Waals surface area contributed by atoms with Crippen LogP contribution in [0.15, 0.2) is 28.8 Å². The van der Waals surface area contributed by atoms with Gasteiger partial charge in [0.1, 0.15) is 5.41 Å². The van der Waals surface area contributed by atoms with E-state index in [9.17, 15) is 4.79 Å². The van der Waals surface area contributed by atoms with Gasteiger partial charge in [0.05, 0.1) is 0 Å². The molecule has 0 unspecified atom stereocenters. The molecule has 1 aromatic heterocycles. The molecule has 158 valence electrons. The summed E-state index contributed by atoms with van der Waals surface area (Å²) in [6, 6.07) is 8.28. The Hall–Kier alpha value is -2.17. The van der Waals surface area contributed by atoms with Crippen LogP contribution < -0.4 is 5.73 Å². The van der Waals surface area contributed by atoms with Crippen molar-refractivity contribution in [2.75, 3.05) is 0 Å². The van der Waals surface area contributed by atoms with E-state index in [1.165, 1.54) is 69.8 Å². The summed E-state index contributed by atoms with van der Waals surface area (Å²) in [4.78, 5) is 16.1. The number of hydrogen-bond acceptors (Lipinski definition) is 4. The van der Waals surface area contributed by atoms with Crippen LogP contribution in [0.4, 0.5) is 0 Å². The lowest BCUT2D eigenvalue weighted by Gasteiger charge is -2.04. The molecule has 0 bridgehead atoms. The van der Waals surface area contributed by atoms with Crippen LogP contribution in [0.25, 0.3) is 11.5 Å². The van der Waals surface area contributed by atoms with Crippen molar-refractivity contribution in [3.8, 4) is 11.5 Å². The first kappa shape index (κ1) is 21.5. The number of hydrogen-bond donors (Lipinski definition) is 1. The zero-order valence-corrected chi connectivity index (χ0v) is 17.8. The third kappa shape index (κ3) is 5.91. The minimum absolute atomic E-state index is 0.362. The molecule has 1 aromatic carbocycles. The molecule has 1 aliphatic rings. The van der Waals surface area contributed by atoms with E-state index in [1.807, 2.05) is 12.1 Å². The second-order valence-corrected chi connectivity index (χ2v) is 8.50. The molecule has 1 heterocycles. The molecule has 5 heteroatoms. The van der Waals surface area contributed by atoms with Gasteiger partial charge in [-0.3, -0.25) is 4.79 Å². The van der Waals surface area contributed by atoms with Gasteiger partial charge in [-0.15, -0.1) is 0 Å². The van der Waals surface area contributed by atoms with Gasteiger partial charge in [0.25, 0.3) is 5.89 Å². The first-order chi connectivity index (χ1) is 14.2. The summed E-state index contributed by atoms with van der Waals surface area (Å²) in [7, 11) is 0. The standard InChI is InChI=1S/C24H35N3O2/c1-2-3-4-5-6-7-8-9-10-11-13-19-14-12-15-20(18-19)21-26-23(27-29-21)24(16-17-24)22(25)28/h12,14-15,18H,2-11,13,16-17H2,1H3,(H2,25,28). The van der Waals surface area contributed by atoms with Crippen molar-refractivity contribution < 1.29 is 9.32 Å². The average molecular weight is 398 g/mol. The molecule has 29 heavy (non-hydrogen) atoms. The van der Waals surface area contributed by atoms with Crippen LogP contribution in [-0.4, -0.2) is 16.0 Å². The van der Waals surface area contributed by atoms with Crippen molar-refractivity contribution >= 4 is 5.91 Å². The van der Waals surface area contributed by atoms with Gasteiger partial charge < -0.3 is 10.3 Å². The van der Waals surface area contributed by atoms with Gasteiger partial charge in [-0.05, 0) is 43.4 Å². The van der Waals surface area contributed by atoms with Crippen LogP contribution >= 0.6 is 0 Å². The van der Waals surface area contributed by atoms with Crippen molar-refractivity contribution in [3.05, 3.63) is 35.7 Å². The van der Waals surface area contributed by atoms with Crippen LogP contribution in [0.2, 0.25) is 0 Å². The normalized spacial score (nSPS) is 14.8. The minimum Gasteiger partial charge on any atom is -0.369 e. The summed E-state index contributed by atoms with van der Waals surface area (Å²) in [6.45, 7) is 2.27. The highest BCUT2D eigenvalue weighted by atomic mass is 16.5. The monoisotopic (exact) mass is 397 g/mol. The lowest BCUT2D eigenvalue weighted by Crippen LogP contribution is -2.29. The number of unbranched alkanes of at least 4 members (excludes halogenated alkanes) is 9. The topological polar surface area (TPSA) is 82.0 Å². The first-order valence-electron chi connectivity index (χ1n) is 11.4. The second kappa shape index (κ2) is 10.6. The number of nitrogens with zero attached hydrogens (tertiary/aromatic N) is 2. The van der Waals surface area contributed by atoms with Crippen molar-refractivity contribution in [2.45, 2.75) is 95.8 Å². The van der Waals surface area contributed by atoms with Crippen LogP contribution in [0.5, 0.6) is 0 Å². The van der Waals surface area contributed by atoms with Crippen LogP contribution in [0.3, 0.4) is 0 Å². The molecule has 1 aliphatic carbocycles. The zero-order chi connectivity index (χ0) is 20.5. The third-order valence-electron chi connectivity index (χ3n) is 6.07. The fraction of sp³-hybridized carbons (Fsp3) is 0.625. The predicted molar refractivity (Wildman–Crippen MR) is 115 cm³/mol. The molecule has 1 saturated carbocycles. The Morgan fingerprint density at radius 3 is 2.31 bits per heavy atom. The number of aromatic nitrogens is 2.